The molecule has 5 heteroatoms. The molecule has 1 amide bonds. The van der Waals surface area contributed by atoms with E-state index < -0.39 is 0 Å². The molecule has 0 radical (unpaired) electrons. The van der Waals surface area contributed by atoms with Crippen LogP contribution in [0, 0.1) is 0 Å². The van der Waals surface area contributed by atoms with Crippen molar-refractivity contribution in [2.24, 2.45) is 0 Å². The van der Waals surface area contributed by atoms with Gasteiger partial charge in [-0.1, -0.05) is 42.5 Å². The number of amides is 1. The average molecular weight is 394 g/mol. The highest BCUT2D eigenvalue weighted by atomic mass is 32.2. The summed E-state index contributed by atoms with van der Waals surface area (Å²) in [6.07, 6.45) is 0. The van der Waals surface area contributed by atoms with Gasteiger partial charge in [-0.25, -0.2) is 0 Å². The maximum Gasteiger partial charge on any atom is 0.231 e. The molecule has 3 aromatic carbocycles. The highest BCUT2D eigenvalue weighted by Gasteiger charge is 2.17. The minimum atomic E-state index is -0.212. The van der Waals surface area contributed by atoms with Crippen molar-refractivity contribution >= 4 is 17.7 Å². The Labute approximate surface area is 169 Å². The fourth-order valence-electron chi connectivity index (χ4n) is 2.82. The monoisotopic (exact) mass is 393 g/mol. The molecular formula is C23H23NO3S. The van der Waals surface area contributed by atoms with E-state index in [1.54, 1.807) is 14.2 Å². The normalized spacial score (nSPS) is 11.5. The number of carbonyl (C=O) groups is 1. The molecule has 0 aliphatic rings. The first-order valence-electron chi connectivity index (χ1n) is 8.94. The number of hydrogen-bond donors (Lipinski definition) is 1. The van der Waals surface area contributed by atoms with E-state index in [1.807, 2.05) is 78.9 Å². The molecule has 0 fully saturated rings. The summed E-state index contributed by atoms with van der Waals surface area (Å²) in [5.41, 5.74) is 2.05. The third kappa shape index (κ3) is 5.30. The first kappa shape index (κ1) is 19.8. The first-order valence-corrected chi connectivity index (χ1v) is 9.93. The maximum absolute atomic E-state index is 12.6. The predicted octanol–water partition coefficient (Wildman–Crippen LogP) is 4.70. The van der Waals surface area contributed by atoms with Gasteiger partial charge in [-0.3, -0.25) is 4.79 Å². The van der Waals surface area contributed by atoms with Crippen LogP contribution in [0.1, 0.15) is 17.2 Å². The molecule has 3 rings (SSSR count). The molecule has 1 atom stereocenters. The molecular weight excluding hydrogens is 370 g/mol. The van der Waals surface area contributed by atoms with E-state index in [9.17, 15) is 4.79 Å². The van der Waals surface area contributed by atoms with E-state index in [2.05, 4.69) is 5.32 Å². The highest BCUT2D eigenvalue weighted by Crippen LogP contribution is 2.25. The van der Waals surface area contributed by atoms with Crippen LogP contribution < -0.4 is 14.8 Å². The summed E-state index contributed by atoms with van der Waals surface area (Å²) in [5, 5.41) is 3.15. The van der Waals surface area contributed by atoms with Gasteiger partial charge in [0.15, 0.2) is 0 Å². The van der Waals surface area contributed by atoms with Crippen molar-refractivity contribution in [3.8, 4) is 11.5 Å². The summed E-state index contributed by atoms with van der Waals surface area (Å²) < 4.78 is 10.4. The van der Waals surface area contributed by atoms with Crippen molar-refractivity contribution in [2.75, 3.05) is 20.0 Å². The van der Waals surface area contributed by atoms with Gasteiger partial charge in [0.05, 0.1) is 26.0 Å². The molecule has 28 heavy (non-hydrogen) atoms. The zero-order valence-corrected chi connectivity index (χ0v) is 16.7. The third-order valence-corrected chi connectivity index (χ3v) is 5.33. The zero-order valence-electron chi connectivity index (χ0n) is 15.9. The summed E-state index contributed by atoms with van der Waals surface area (Å²) in [5.74, 6) is 1.91. The van der Waals surface area contributed by atoms with Crippen LogP contribution in [-0.2, 0) is 4.79 Å². The Morgan fingerprint density at radius 1 is 0.821 bits per heavy atom. The van der Waals surface area contributed by atoms with Crippen LogP contribution in [0.15, 0.2) is 83.8 Å². The lowest BCUT2D eigenvalue weighted by molar-refractivity contribution is -0.119. The standard InChI is InChI=1S/C23H23NO3S/c1-26-19-10-8-18(9-11-19)23(17-6-4-3-5-7-17)24-22(25)16-28-21-14-12-20(27-2)13-15-21/h3-15,23H,16H2,1-2H3,(H,24,25)/t23-/m0/s1. The lowest BCUT2D eigenvalue weighted by Crippen LogP contribution is -2.30. The average Bonchev–Trinajstić information content (AvgIpc) is 2.77. The molecule has 1 N–H and O–H groups in total. The topological polar surface area (TPSA) is 47.6 Å². The minimum absolute atomic E-state index is 0.0227. The van der Waals surface area contributed by atoms with Crippen molar-refractivity contribution < 1.29 is 14.3 Å². The maximum atomic E-state index is 12.6. The summed E-state index contributed by atoms with van der Waals surface area (Å²) in [6.45, 7) is 0. The molecule has 0 spiro atoms. The Bertz CT molecular complexity index is 880. The molecule has 0 aliphatic heterocycles. The fourth-order valence-corrected chi connectivity index (χ4v) is 3.53. The largest absolute Gasteiger partial charge is 0.497 e. The number of methoxy groups -OCH3 is 2. The van der Waals surface area contributed by atoms with E-state index in [-0.39, 0.29) is 11.9 Å². The van der Waals surface area contributed by atoms with Crippen molar-refractivity contribution in [1.82, 2.24) is 5.32 Å². The molecule has 0 bridgehead atoms. The Morgan fingerprint density at radius 3 is 1.93 bits per heavy atom. The third-order valence-electron chi connectivity index (χ3n) is 4.32. The van der Waals surface area contributed by atoms with Gasteiger partial charge in [-0.15, -0.1) is 11.8 Å². The summed E-state index contributed by atoms with van der Waals surface area (Å²) in [7, 11) is 3.28. The quantitative estimate of drug-likeness (QED) is 0.564. The number of carbonyl (C=O) groups excluding carboxylic acids is 1. The molecule has 0 heterocycles. The van der Waals surface area contributed by atoms with E-state index in [1.165, 1.54) is 11.8 Å². The molecule has 0 saturated heterocycles. The van der Waals surface area contributed by atoms with Crippen molar-refractivity contribution in [3.63, 3.8) is 0 Å². The summed E-state index contributed by atoms with van der Waals surface area (Å²) in [6, 6.07) is 25.2. The number of rotatable bonds is 8. The Kier molecular flexibility index (Phi) is 6.98. The van der Waals surface area contributed by atoms with Gasteiger partial charge in [-0.2, -0.15) is 0 Å². The molecule has 0 aliphatic carbocycles. The van der Waals surface area contributed by atoms with Gasteiger partial charge in [0, 0.05) is 4.90 Å². The molecule has 3 aromatic rings. The van der Waals surface area contributed by atoms with Crippen LogP contribution in [0.5, 0.6) is 11.5 Å². The molecule has 0 aromatic heterocycles. The van der Waals surface area contributed by atoms with E-state index in [4.69, 9.17) is 9.47 Å². The summed E-state index contributed by atoms with van der Waals surface area (Å²) >= 11 is 1.50. The van der Waals surface area contributed by atoms with Crippen LogP contribution >= 0.6 is 11.8 Å². The van der Waals surface area contributed by atoms with Crippen LogP contribution in [-0.4, -0.2) is 25.9 Å². The van der Waals surface area contributed by atoms with Crippen LogP contribution in [0.2, 0.25) is 0 Å². The molecule has 144 valence electrons. The van der Waals surface area contributed by atoms with Gasteiger partial charge in [-0.05, 0) is 47.5 Å². The van der Waals surface area contributed by atoms with Gasteiger partial charge >= 0.3 is 0 Å². The van der Waals surface area contributed by atoms with Crippen molar-refractivity contribution in [2.45, 2.75) is 10.9 Å². The molecule has 0 saturated carbocycles. The van der Waals surface area contributed by atoms with Crippen LogP contribution in [0.25, 0.3) is 0 Å². The Hall–Kier alpha value is -2.92. The van der Waals surface area contributed by atoms with Gasteiger partial charge in [0.1, 0.15) is 11.5 Å². The first-order chi connectivity index (χ1) is 13.7. The molecule has 0 unspecified atom stereocenters. The van der Waals surface area contributed by atoms with Crippen LogP contribution in [0.4, 0.5) is 0 Å². The Morgan fingerprint density at radius 2 is 1.36 bits per heavy atom. The SMILES string of the molecule is COc1ccc(SCC(=O)N[C@@H](c2ccccc2)c2ccc(OC)cc2)cc1. The van der Waals surface area contributed by atoms with Gasteiger partial charge in [0.2, 0.25) is 5.91 Å². The number of benzene rings is 3. The second-order valence-corrected chi connectivity index (χ2v) is 7.20. The zero-order chi connectivity index (χ0) is 19.8. The van der Waals surface area contributed by atoms with E-state index >= 15 is 0 Å². The van der Waals surface area contributed by atoms with Crippen molar-refractivity contribution in [3.05, 3.63) is 90.0 Å². The second-order valence-electron chi connectivity index (χ2n) is 6.15. The fraction of sp³-hybridized carbons (Fsp3) is 0.174. The Balaban J connectivity index is 1.70. The lowest BCUT2D eigenvalue weighted by atomic mass is 9.98. The van der Waals surface area contributed by atoms with E-state index in [0.717, 1.165) is 27.5 Å². The number of ether oxygens (including phenoxy) is 2. The smallest absolute Gasteiger partial charge is 0.231 e. The lowest BCUT2D eigenvalue weighted by Gasteiger charge is -2.20. The minimum Gasteiger partial charge on any atom is -0.497 e. The number of hydrogen-bond acceptors (Lipinski definition) is 4. The highest BCUT2D eigenvalue weighted by molar-refractivity contribution is 8.00. The van der Waals surface area contributed by atoms with Crippen molar-refractivity contribution in [1.29, 1.82) is 0 Å². The number of nitrogens with one attached hydrogen (secondary N) is 1. The van der Waals surface area contributed by atoms with Gasteiger partial charge < -0.3 is 14.8 Å². The van der Waals surface area contributed by atoms with E-state index in [0.29, 0.717) is 5.75 Å². The predicted molar refractivity (Wildman–Crippen MR) is 113 cm³/mol. The summed E-state index contributed by atoms with van der Waals surface area (Å²) in [4.78, 5) is 13.7. The molecule has 4 nitrogen and oxygen atoms in total. The number of thioether (sulfide) groups is 1. The second kappa shape index (κ2) is 9.85. The van der Waals surface area contributed by atoms with Crippen LogP contribution in [0.3, 0.4) is 0 Å². The van der Waals surface area contributed by atoms with Gasteiger partial charge in [0.25, 0.3) is 0 Å².